The van der Waals surface area contributed by atoms with E-state index >= 15 is 0 Å². The van der Waals surface area contributed by atoms with Gasteiger partial charge >= 0.3 is 0 Å². The molecule has 0 radical (unpaired) electrons. The highest BCUT2D eigenvalue weighted by atomic mass is 127. The number of aliphatic hydroxyl groups is 1. The molecule has 1 atom stereocenters. The van der Waals surface area contributed by atoms with Gasteiger partial charge in [0.2, 0.25) is 0 Å². The minimum Gasteiger partial charge on any atom is -0.396 e. The molecule has 0 bridgehead atoms. The van der Waals surface area contributed by atoms with Crippen molar-refractivity contribution in [2.75, 3.05) is 6.61 Å². The molecule has 3 N–H and O–H groups in total. The molecule has 0 saturated carbocycles. The Balaban J connectivity index is 0.00000196. The third-order valence-electron chi connectivity index (χ3n) is 2.48. The van der Waals surface area contributed by atoms with E-state index in [1.165, 1.54) is 3.57 Å². The van der Waals surface area contributed by atoms with Gasteiger partial charge in [-0.05, 0) is 40.3 Å². The largest absolute Gasteiger partial charge is 0.396 e. The summed E-state index contributed by atoms with van der Waals surface area (Å²) < 4.78 is 1.19. The van der Waals surface area contributed by atoms with Crippen molar-refractivity contribution in [1.29, 1.82) is 0 Å². The first-order valence-electron chi connectivity index (χ1n) is 4.59. The molecule has 0 saturated heterocycles. The zero-order valence-corrected chi connectivity index (χ0v) is 11.9. The minimum absolute atomic E-state index is 0. The molecule has 0 aromatic heterocycles. The number of aliphatic hydroxyl groups excluding tert-OH is 1. The van der Waals surface area contributed by atoms with E-state index in [2.05, 4.69) is 22.6 Å². The second kappa shape index (κ2) is 6.03. The molecule has 0 amide bonds. The first-order valence-corrected chi connectivity index (χ1v) is 5.67. The van der Waals surface area contributed by atoms with Crippen LogP contribution in [0.2, 0.25) is 0 Å². The Bertz CT molecular complexity index is 300. The molecular formula is C11H17ClINO. The van der Waals surface area contributed by atoms with Crippen LogP contribution in [0.15, 0.2) is 24.3 Å². The highest BCUT2D eigenvalue weighted by molar-refractivity contribution is 14.1. The van der Waals surface area contributed by atoms with Gasteiger partial charge < -0.3 is 10.8 Å². The molecule has 4 heteroatoms. The van der Waals surface area contributed by atoms with Crippen LogP contribution in [0, 0.1) is 8.99 Å². The predicted molar refractivity (Wildman–Crippen MR) is 74.2 cm³/mol. The van der Waals surface area contributed by atoms with Crippen LogP contribution >= 0.6 is 35.0 Å². The molecule has 0 spiro atoms. The van der Waals surface area contributed by atoms with E-state index < -0.39 is 0 Å². The Kier molecular flexibility index (Phi) is 6.10. The smallest absolute Gasteiger partial charge is 0.0500 e. The molecule has 0 unspecified atom stereocenters. The summed E-state index contributed by atoms with van der Waals surface area (Å²) in [5.41, 5.74) is 6.87. The number of benzene rings is 1. The molecule has 0 aliphatic rings. The third kappa shape index (κ3) is 3.90. The lowest BCUT2D eigenvalue weighted by Gasteiger charge is -2.29. The van der Waals surface area contributed by atoms with E-state index in [0.29, 0.717) is 0 Å². The van der Waals surface area contributed by atoms with E-state index in [1.807, 2.05) is 38.1 Å². The van der Waals surface area contributed by atoms with Gasteiger partial charge in [0.15, 0.2) is 0 Å². The maximum absolute atomic E-state index is 9.20. The molecule has 15 heavy (non-hydrogen) atoms. The summed E-state index contributed by atoms with van der Waals surface area (Å²) >= 11 is 2.26. The normalized spacial score (nSPS) is 13.1. The fourth-order valence-corrected chi connectivity index (χ4v) is 1.58. The van der Waals surface area contributed by atoms with Gasteiger partial charge in [0.05, 0.1) is 0 Å². The van der Waals surface area contributed by atoms with Crippen LogP contribution in [-0.4, -0.2) is 11.7 Å². The third-order valence-corrected chi connectivity index (χ3v) is 3.20. The summed E-state index contributed by atoms with van der Waals surface area (Å²) in [7, 11) is 0. The quantitative estimate of drug-likeness (QED) is 0.831. The van der Waals surface area contributed by atoms with Gasteiger partial charge in [-0.3, -0.25) is 0 Å². The van der Waals surface area contributed by atoms with Crippen molar-refractivity contribution in [3.63, 3.8) is 0 Å². The number of nitrogens with two attached hydrogens (primary N) is 1. The van der Waals surface area contributed by atoms with Crippen LogP contribution in [0.3, 0.4) is 0 Å². The zero-order valence-electron chi connectivity index (χ0n) is 8.90. The van der Waals surface area contributed by atoms with Crippen molar-refractivity contribution in [1.82, 2.24) is 0 Å². The molecule has 0 fully saturated rings. The number of halogens is 2. The maximum Gasteiger partial charge on any atom is 0.0500 e. The number of hydrogen-bond donors (Lipinski definition) is 2. The Hall–Kier alpha value is 0.160. The first kappa shape index (κ1) is 15.2. The fraction of sp³-hybridized carbons (Fsp3) is 0.455. The van der Waals surface area contributed by atoms with Crippen molar-refractivity contribution in [3.05, 3.63) is 33.4 Å². The van der Waals surface area contributed by atoms with Gasteiger partial charge in [0, 0.05) is 21.6 Å². The van der Waals surface area contributed by atoms with E-state index in [-0.39, 0.29) is 30.5 Å². The van der Waals surface area contributed by atoms with E-state index in [0.717, 1.165) is 5.56 Å². The van der Waals surface area contributed by atoms with E-state index in [9.17, 15) is 5.11 Å². The Labute approximate surface area is 111 Å². The van der Waals surface area contributed by atoms with Crippen LogP contribution in [0.1, 0.15) is 25.5 Å². The standard InChI is InChI=1S/C11H16INO.ClH/c1-11(2,7-14)10(13)8-3-5-9(12)6-4-8;/h3-6,10,14H,7,13H2,1-2H3;1H/t10-;/m0./s1. The monoisotopic (exact) mass is 341 g/mol. The van der Waals surface area contributed by atoms with E-state index in [1.54, 1.807) is 0 Å². The molecule has 0 aliphatic carbocycles. The second-order valence-electron chi connectivity index (χ2n) is 4.18. The molecule has 2 nitrogen and oxygen atoms in total. The Morgan fingerprint density at radius 2 is 1.80 bits per heavy atom. The van der Waals surface area contributed by atoms with Gasteiger partial charge in [0.25, 0.3) is 0 Å². The summed E-state index contributed by atoms with van der Waals surface area (Å²) in [6.45, 7) is 4.03. The predicted octanol–water partition coefficient (Wildman–Crippen LogP) is 2.73. The lowest BCUT2D eigenvalue weighted by molar-refractivity contribution is 0.132. The van der Waals surface area contributed by atoms with E-state index in [4.69, 9.17) is 5.73 Å². The maximum atomic E-state index is 9.20. The topological polar surface area (TPSA) is 46.2 Å². The average molecular weight is 342 g/mol. The highest BCUT2D eigenvalue weighted by Gasteiger charge is 2.26. The SMILES string of the molecule is CC(C)(CO)[C@@H](N)c1ccc(I)cc1.Cl. The summed E-state index contributed by atoms with van der Waals surface area (Å²) in [5, 5.41) is 9.20. The first-order chi connectivity index (χ1) is 6.47. The molecule has 1 aromatic carbocycles. The summed E-state index contributed by atoms with van der Waals surface area (Å²) in [6.07, 6.45) is 0. The lowest BCUT2D eigenvalue weighted by Crippen LogP contribution is -2.32. The molecule has 0 aliphatic heterocycles. The van der Waals surface area contributed by atoms with Crippen molar-refractivity contribution >= 4 is 35.0 Å². The van der Waals surface area contributed by atoms with Crippen LogP contribution in [0.5, 0.6) is 0 Å². The van der Waals surface area contributed by atoms with Crippen LogP contribution < -0.4 is 5.73 Å². The number of hydrogen-bond acceptors (Lipinski definition) is 2. The summed E-state index contributed by atoms with van der Waals surface area (Å²) in [6, 6.07) is 7.98. The summed E-state index contributed by atoms with van der Waals surface area (Å²) in [5.74, 6) is 0. The minimum atomic E-state index is -0.271. The van der Waals surface area contributed by atoms with Crippen LogP contribution in [0.4, 0.5) is 0 Å². The average Bonchev–Trinajstić information content (AvgIpc) is 2.18. The fourth-order valence-electron chi connectivity index (χ4n) is 1.22. The molecule has 1 rings (SSSR count). The Morgan fingerprint density at radius 3 is 2.20 bits per heavy atom. The van der Waals surface area contributed by atoms with Gasteiger partial charge in [0.1, 0.15) is 0 Å². The van der Waals surface area contributed by atoms with Crippen molar-refractivity contribution in [3.8, 4) is 0 Å². The van der Waals surface area contributed by atoms with Crippen molar-refractivity contribution in [2.24, 2.45) is 11.1 Å². The molecule has 0 heterocycles. The molecule has 86 valence electrons. The summed E-state index contributed by atoms with van der Waals surface area (Å²) in [4.78, 5) is 0. The van der Waals surface area contributed by atoms with Gasteiger partial charge in [-0.1, -0.05) is 26.0 Å². The van der Waals surface area contributed by atoms with Crippen LogP contribution in [0.25, 0.3) is 0 Å². The van der Waals surface area contributed by atoms with Crippen molar-refractivity contribution < 1.29 is 5.11 Å². The number of rotatable bonds is 3. The Morgan fingerprint density at radius 1 is 1.33 bits per heavy atom. The molecular weight excluding hydrogens is 324 g/mol. The highest BCUT2D eigenvalue weighted by Crippen LogP contribution is 2.30. The van der Waals surface area contributed by atoms with Gasteiger partial charge in [-0.15, -0.1) is 12.4 Å². The van der Waals surface area contributed by atoms with Crippen LogP contribution in [-0.2, 0) is 0 Å². The zero-order chi connectivity index (χ0) is 10.8. The van der Waals surface area contributed by atoms with Gasteiger partial charge in [-0.25, -0.2) is 0 Å². The van der Waals surface area contributed by atoms with Gasteiger partial charge in [-0.2, -0.15) is 0 Å². The van der Waals surface area contributed by atoms with Crippen molar-refractivity contribution in [2.45, 2.75) is 19.9 Å². The second-order valence-corrected chi connectivity index (χ2v) is 5.42. The lowest BCUT2D eigenvalue weighted by atomic mass is 9.82. The molecule has 1 aromatic rings.